The lowest BCUT2D eigenvalue weighted by Gasteiger charge is -2.26. The molecule has 2 heterocycles. The molecular formula is C24H18F2N2O4. The highest BCUT2D eigenvalue weighted by Crippen LogP contribution is 2.43. The summed E-state index contributed by atoms with van der Waals surface area (Å²) in [5.74, 6) is -4.08. The average molecular weight is 436 g/mol. The first-order valence-corrected chi connectivity index (χ1v) is 9.81. The van der Waals surface area contributed by atoms with Gasteiger partial charge in [-0.3, -0.25) is 19.5 Å². The topological polar surface area (TPSA) is 79.7 Å². The number of hydrogen-bond donors (Lipinski definition) is 1. The minimum absolute atomic E-state index is 0.0217. The molecule has 3 aromatic rings. The third-order valence-corrected chi connectivity index (χ3v) is 5.06. The minimum Gasteiger partial charge on any atom is -0.507 e. The smallest absolute Gasteiger partial charge is 0.300 e. The van der Waals surface area contributed by atoms with Crippen LogP contribution in [0.4, 0.5) is 14.5 Å². The number of ketones is 1. The van der Waals surface area contributed by atoms with E-state index in [0.717, 1.165) is 17.0 Å². The van der Waals surface area contributed by atoms with Gasteiger partial charge in [0.1, 0.15) is 11.5 Å². The van der Waals surface area contributed by atoms with Gasteiger partial charge in [-0.15, -0.1) is 0 Å². The number of anilines is 1. The minimum atomic E-state index is -1.17. The second kappa shape index (κ2) is 8.58. The van der Waals surface area contributed by atoms with E-state index in [1.165, 1.54) is 30.6 Å². The van der Waals surface area contributed by atoms with Gasteiger partial charge < -0.3 is 9.84 Å². The average Bonchev–Trinajstić information content (AvgIpc) is 3.07. The Morgan fingerprint density at radius 1 is 1.06 bits per heavy atom. The van der Waals surface area contributed by atoms with Crippen LogP contribution in [0.15, 0.2) is 72.6 Å². The fraction of sp³-hybridized carbons (Fsp3) is 0.125. The molecule has 0 spiro atoms. The Balaban J connectivity index is 1.95. The van der Waals surface area contributed by atoms with E-state index >= 15 is 0 Å². The molecule has 8 heteroatoms. The molecule has 1 fully saturated rings. The summed E-state index contributed by atoms with van der Waals surface area (Å²) in [6, 6.07) is 11.5. The van der Waals surface area contributed by atoms with Crippen LogP contribution >= 0.6 is 0 Å². The number of hydrogen-bond acceptors (Lipinski definition) is 5. The van der Waals surface area contributed by atoms with E-state index in [1.54, 1.807) is 24.3 Å². The van der Waals surface area contributed by atoms with Crippen molar-refractivity contribution in [3.8, 4) is 5.75 Å². The maximum atomic E-state index is 14.0. The fourth-order valence-electron chi connectivity index (χ4n) is 3.66. The first-order chi connectivity index (χ1) is 15.4. The van der Waals surface area contributed by atoms with Gasteiger partial charge in [0.25, 0.3) is 11.7 Å². The Kier molecular flexibility index (Phi) is 5.68. The summed E-state index contributed by atoms with van der Waals surface area (Å²) in [5, 5.41) is 11.0. The van der Waals surface area contributed by atoms with Crippen LogP contribution in [0, 0.1) is 11.6 Å². The molecule has 1 aliphatic rings. The molecular weight excluding hydrogens is 418 g/mol. The highest BCUT2D eigenvalue weighted by atomic mass is 19.2. The Morgan fingerprint density at radius 3 is 2.50 bits per heavy atom. The largest absolute Gasteiger partial charge is 0.507 e. The molecule has 0 saturated carbocycles. The van der Waals surface area contributed by atoms with Crippen LogP contribution in [-0.4, -0.2) is 28.4 Å². The number of aliphatic hydroxyl groups excluding tert-OH is 1. The number of halogens is 2. The van der Waals surface area contributed by atoms with Gasteiger partial charge in [-0.05, 0) is 48.9 Å². The predicted molar refractivity (Wildman–Crippen MR) is 113 cm³/mol. The van der Waals surface area contributed by atoms with Crippen molar-refractivity contribution in [2.75, 3.05) is 11.5 Å². The van der Waals surface area contributed by atoms with Gasteiger partial charge in [0.15, 0.2) is 11.6 Å². The lowest BCUT2D eigenvalue weighted by atomic mass is 9.95. The number of aliphatic hydroxyl groups is 1. The fourth-order valence-corrected chi connectivity index (χ4v) is 3.66. The number of amides is 1. The zero-order valence-electron chi connectivity index (χ0n) is 17.0. The SMILES string of the molecule is CCOc1cccc(C2/C(=C(\O)c3ccncc3)C(=O)C(=O)N2c2ccc(F)c(F)c2)c1. The van der Waals surface area contributed by atoms with E-state index in [0.29, 0.717) is 17.9 Å². The van der Waals surface area contributed by atoms with Crippen LogP contribution in [0.5, 0.6) is 5.75 Å². The normalized spacial score (nSPS) is 17.6. The van der Waals surface area contributed by atoms with Gasteiger partial charge in [0.05, 0.1) is 18.2 Å². The Morgan fingerprint density at radius 2 is 1.81 bits per heavy atom. The third-order valence-electron chi connectivity index (χ3n) is 5.06. The maximum absolute atomic E-state index is 14.0. The van der Waals surface area contributed by atoms with Gasteiger partial charge in [-0.1, -0.05) is 12.1 Å². The molecule has 32 heavy (non-hydrogen) atoms. The summed E-state index contributed by atoms with van der Waals surface area (Å²) in [5.41, 5.74) is 0.538. The zero-order valence-corrected chi connectivity index (χ0v) is 17.0. The van der Waals surface area contributed by atoms with Gasteiger partial charge in [0, 0.05) is 29.7 Å². The highest BCUT2D eigenvalue weighted by Gasteiger charge is 2.47. The molecule has 0 bridgehead atoms. The number of Topliss-reactive ketones (excluding diaryl/α,β-unsaturated/α-hetero) is 1. The molecule has 1 aromatic heterocycles. The molecule has 162 valence electrons. The summed E-state index contributed by atoms with van der Waals surface area (Å²) in [6.45, 7) is 2.20. The van der Waals surface area contributed by atoms with Crippen molar-refractivity contribution >= 4 is 23.1 Å². The summed E-state index contributed by atoms with van der Waals surface area (Å²) < 4.78 is 33.0. The van der Waals surface area contributed by atoms with Crippen LogP contribution in [0.25, 0.3) is 5.76 Å². The van der Waals surface area contributed by atoms with E-state index < -0.39 is 35.1 Å². The quantitative estimate of drug-likeness (QED) is 0.365. The van der Waals surface area contributed by atoms with Crippen LogP contribution < -0.4 is 9.64 Å². The van der Waals surface area contributed by atoms with Crippen molar-refractivity contribution in [3.63, 3.8) is 0 Å². The number of pyridine rings is 1. The Labute approximate surface area is 182 Å². The number of carbonyl (C=O) groups is 2. The van der Waals surface area contributed by atoms with E-state index in [-0.39, 0.29) is 16.8 Å². The van der Waals surface area contributed by atoms with E-state index in [1.807, 2.05) is 6.92 Å². The van der Waals surface area contributed by atoms with Crippen molar-refractivity contribution < 1.29 is 28.2 Å². The Bertz CT molecular complexity index is 1230. The standard InChI is InChI=1S/C24H18F2N2O4/c1-2-32-17-5-3-4-15(12-17)21-20(22(29)14-8-10-27-11-9-14)23(30)24(31)28(21)16-6-7-18(25)19(26)13-16/h3-13,21,29H,2H2,1H3/b22-20+. The summed E-state index contributed by atoms with van der Waals surface area (Å²) in [7, 11) is 0. The van der Waals surface area contributed by atoms with E-state index in [4.69, 9.17) is 4.74 Å². The van der Waals surface area contributed by atoms with Crippen LogP contribution in [0.2, 0.25) is 0 Å². The predicted octanol–water partition coefficient (Wildman–Crippen LogP) is 4.38. The van der Waals surface area contributed by atoms with Crippen molar-refractivity contribution in [3.05, 3.63) is 95.3 Å². The monoisotopic (exact) mass is 436 g/mol. The maximum Gasteiger partial charge on any atom is 0.300 e. The van der Waals surface area contributed by atoms with Gasteiger partial charge in [0.2, 0.25) is 0 Å². The molecule has 0 radical (unpaired) electrons. The van der Waals surface area contributed by atoms with Gasteiger partial charge in [-0.25, -0.2) is 8.78 Å². The molecule has 1 aliphatic heterocycles. The molecule has 2 aromatic carbocycles. The molecule has 6 nitrogen and oxygen atoms in total. The second-order valence-corrected chi connectivity index (χ2v) is 7.01. The number of benzene rings is 2. The highest BCUT2D eigenvalue weighted by molar-refractivity contribution is 6.51. The first kappa shape index (κ1) is 21.2. The van der Waals surface area contributed by atoms with Gasteiger partial charge >= 0.3 is 0 Å². The number of nitrogens with zero attached hydrogens (tertiary/aromatic N) is 2. The van der Waals surface area contributed by atoms with E-state index in [2.05, 4.69) is 4.98 Å². The van der Waals surface area contributed by atoms with Crippen molar-refractivity contribution in [2.45, 2.75) is 13.0 Å². The second-order valence-electron chi connectivity index (χ2n) is 7.01. The number of rotatable bonds is 5. The number of aromatic nitrogens is 1. The third kappa shape index (κ3) is 3.71. The van der Waals surface area contributed by atoms with Crippen LogP contribution in [-0.2, 0) is 9.59 Å². The zero-order chi connectivity index (χ0) is 22.8. The first-order valence-electron chi connectivity index (χ1n) is 9.81. The van der Waals surface area contributed by atoms with Gasteiger partial charge in [-0.2, -0.15) is 0 Å². The van der Waals surface area contributed by atoms with Crippen molar-refractivity contribution in [1.29, 1.82) is 0 Å². The summed E-state index contributed by atoms with van der Waals surface area (Å²) in [4.78, 5) is 31.0. The van der Waals surface area contributed by atoms with Crippen LogP contribution in [0.1, 0.15) is 24.1 Å². The molecule has 1 atom stereocenters. The van der Waals surface area contributed by atoms with E-state index in [9.17, 15) is 23.5 Å². The lowest BCUT2D eigenvalue weighted by Crippen LogP contribution is -2.29. The summed E-state index contributed by atoms with van der Waals surface area (Å²) >= 11 is 0. The lowest BCUT2D eigenvalue weighted by molar-refractivity contribution is -0.132. The number of ether oxygens (including phenoxy) is 1. The van der Waals surface area contributed by atoms with Crippen LogP contribution in [0.3, 0.4) is 0 Å². The van der Waals surface area contributed by atoms with Crippen molar-refractivity contribution in [1.82, 2.24) is 4.98 Å². The van der Waals surface area contributed by atoms with Crippen molar-refractivity contribution in [2.24, 2.45) is 0 Å². The molecule has 1 saturated heterocycles. The Hall–Kier alpha value is -4.07. The molecule has 4 rings (SSSR count). The molecule has 1 amide bonds. The molecule has 1 unspecified atom stereocenters. The number of carbonyl (C=O) groups excluding carboxylic acids is 2. The molecule has 0 aliphatic carbocycles. The molecule has 1 N–H and O–H groups in total. The summed E-state index contributed by atoms with van der Waals surface area (Å²) in [6.07, 6.45) is 2.87.